The van der Waals surface area contributed by atoms with Crippen LogP contribution in [0, 0.1) is 6.92 Å². The van der Waals surface area contributed by atoms with Crippen LogP contribution in [0.4, 0.5) is 5.69 Å². The first-order chi connectivity index (χ1) is 8.88. The Morgan fingerprint density at radius 3 is 2.53 bits per heavy atom. The molecule has 0 atom stereocenters. The Kier molecular flexibility index (Phi) is 4.22. The molecule has 0 aromatic carbocycles. The zero-order valence-electron chi connectivity index (χ0n) is 9.76. The Morgan fingerprint density at radius 1 is 1.16 bits per heavy atom. The van der Waals surface area contributed by atoms with E-state index in [1.54, 1.807) is 6.07 Å². The van der Waals surface area contributed by atoms with Crippen LogP contribution >= 0.6 is 31.9 Å². The molecule has 0 aliphatic carbocycles. The predicted molar refractivity (Wildman–Crippen MR) is 79.4 cm³/mol. The van der Waals surface area contributed by atoms with Crippen LogP contribution in [0.25, 0.3) is 0 Å². The van der Waals surface area contributed by atoms with Gasteiger partial charge in [0.25, 0.3) is 10.0 Å². The van der Waals surface area contributed by atoms with E-state index in [1.165, 1.54) is 24.7 Å². The van der Waals surface area contributed by atoms with Crippen LogP contribution in [0.3, 0.4) is 0 Å². The summed E-state index contributed by atoms with van der Waals surface area (Å²) in [6.07, 6.45) is 4.25. The van der Waals surface area contributed by atoms with Gasteiger partial charge in [-0.05, 0) is 56.5 Å². The lowest BCUT2D eigenvalue weighted by molar-refractivity contribution is 0.600. The third kappa shape index (κ3) is 3.52. The normalized spacial score (nSPS) is 11.3. The number of hydrogen-bond donors (Lipinski definition) is 1. The molecule has 8 heteroatoms. The van der Waals surface area contributed by atoms with Crippen LogP contribution < -0.4 is 4.72 Å². The summed E-state index contributed by atoms with van der Waals surface area (Å²) in [5.74, 6) is 0. The van der Waals surface area contributed by atoms with Crippen molar-refractivity contribution in [3.8, 4) is 0 Å². The van der Waals surface area contributed by atoms with Gasteiger partial charge in [0, 0.05) is 16.9 Å². The van der Waals surface area contributed by atoms with E-state index < -0.39 is 10.0 Å². The Hall–Kier alpha value is -0.990. The molecule has 0 radical (unpaired) electrons. The molecule has 2 aromatic rings. The minimum atomic E-state index is -3.66. The quantitative estimate of drug-likeness (QED) is 0.795. The molecular formula is C11H9Br2N3O2S. The van der Waals surface area contributed by atoms with E-state index in [-0.39, 0.29) is 4.90 Å². The lowest BCUT2D eigenvalue weighted by Gasteiger charge is -2.08. The van der Waals surface area contributed by atoms with Crippen molar-refractivity contribution in [3.63, 3.8) is 0 Å². The first-order valence-electron chi connectivity index (χ1n) is 5.14. The Bertz CT molecular complexity index is 720. The number of aromatic nitrogens is 2. The number of aryl methyl sites for hydroxylation is 1. The van der Waals surface area contributed by atoms with Gasteiger partial charge in [-0.2, -0.15) is 0 Å². The third-order valence-corrected chi connectivity index (χ3v) is 4.87. The molecule has 2 aromatic heterocycles. The number of anilines is 1. The standard InChI is InChI=1S/C11H9Br2N3O2S/c1-7-2-9(5-15-11(7)13)16-19(17,18)10-3-8(12)4-14-6-10/h2-6,16H,1H3. The molecule has 2 heterocycles. The van der Waals surface area contributed by atoms with Crippen molar-refractivity contribution >= 4 is 47.6 Å². The summed E-state index contributed by atoms with van der Waals surface area (Å²) >= 11 is 6.45. The number of rotatable bonds is 3. The molecule has 5 nitrogen and oxygen atoms in total. The van der Waals surface area contributed by atoms with E-state index in [4.69, 9.17) is 0 Å². The smallest absolute Gasteiger partial charge is 0.263 e. The van der Waals surface area contributed by atoms with E-state index in [1.807, 2.05) is 6.92 Å². The highest BCUT2D eigenvalue weighted by atomic mass is 79.9. The van der Waals surface area contributed by atoms with E-state index in [2.05, 4.69) is 46.5 Å². The molecule has 1 N–H and O–H groups in total. The van der Waals surface area contributed by atoms with Gasteiger partial charge in [-0.25, -0.2) is 13.4 Å². The molecule has 0 unspecified atom stereocenters. The van der Waals surface area contributed by atoms with Crippen LogP contribution in [0.1, 0.15) is 5.56 Å². The summed E-state index contributed by atoms with van der Waals surface area (Å²) in [6.45, 7) is 1.83. The molecule has 0 saturated heterocycles. The maximum absolute atomic E-state index is 12.1. The zero-order valence-corrected chi connectivity index (χ0v) is 13.8. The number of sulfonamides is 1. The Balaban J connectivity index is 2.33. The molecular weight excluding hydrogens is 398 g/mol. The largest absolute Gasteiger partial charge is 0.278 e. The van der Waals surface area contributed by atoms with Crippen molar-refractivity contribution in [1.29, 1.82) is 0 Å². The highest BCUT2D eigenvalue weighted by Crippen LogP contribution is 2.21. The summed E-state index contributed by atoms with van der Waals surface area (Å²) < 4.78 is 28.0. The van der Waals surface area contributed by atoms with Gasteiger partial charge in [0.15, 0.2) is 0 Å². The van der Waals surface area contributed by atoms with Gasteiger partial charge in [0.2, 0.25) is 0 Å². The van der Waals surface area contributed by atoms with Gasteiger partial charge in [0.1, 0.15) is 9.50 Å². The van der Waals surface area contributed by atoms with Crippen molar-refractivity contribution in [1.82, 2.24) is 9.97 Å². The fourth-order valence-corrected chi connectivity index (χ4v) is 3.12. The predicted octanol–water partition coefficient (Wildman–Crippen LogP) is 3.11. The first kappa shape index (κ1) is 14.4. The van der Waals surface area contributed by atoms with Crippen LogP contribution in [0.2, 0.25) is 0 Å². The summed E-state index contributed by atoms with van der Waals surface area (Å²) in [4.78, 5) is 7.96. The minimum Gasteiger partial charge on any atom is -0.278 e. The summed E-state index contributed by atoms with van der Waals surface area (Å²) in [5.41, 5.74) is 1.24. The molecule has 2 rings (SSSR count). The Labute approximate surface area is 127 Å². The fraction of sp³-hybridized carbons (Fsp3) is 0.0909. The third-order valence-electron chi connectivity index (χ3n) is 2.26. The molecule has 19 heavy (non-hydrogen) atoms. The molecule has 0 bridgehead atoms. The first-order valence-corrected chi connectivity index (χ1v) is 8.21. The molecule has 0 aliphatic rings. The maximum atomic E-state index is 12.1. The van der Waals surface area contributed by atoms with Gasteiger partial charge in [-0.1, -0.05) is 0 Å². The molecule has 0 saturated carbocycles. The number of nitrogens with zero attached hydrogens (tertiary/aromatic N) is 2. The van der Waals surface area contributed by atoms with Crippen molar-refractivity contribution < 1.29 is 8.42 Å². The highest BCUT2D eigenvalue weighted by molar-refractivity contribution is 9.10. The maximum Gasteiger partial charge on any atom is 0.263 e. The number of hydrogen-bond acceptors (Lipinski definition) is 4. The SMILES string of the molecule is Cc1cc(NS(=O)(=O)c2cncc(Br)c2)cnc1Br. The molecule has 0 fully saturated rings. The Morgan fingerprint density at radius 2 is 1.89 bits per heavy atom. The monoisotopic (exact) mass is 405 g/mol. The minimum absolute atomic E-state index is 0.0856. The highest BCUT2D eigenvalue weighted by Gasteiger charge is 2.15. The van der Waals surface area contributed by atoms with Gasteiger partial charge < -0.3 is 0 Å². The number of pyridine rings is 2. The van der Waals surface area contributed by atoms with Crippen LogP contribution in [-0.2, 0) is 10.0 Å². The number of halogens is 2. The zero-order chi connectivity index (χ0) is 14.0. The van der Waals surface area contributed by atoms with E-state index in [9.17, 15) is 8.42 Å². The van der Waals surface area contributed by atoms with E-state index >= 15 is 0 Å². The second-order valence-electron chi connectivity index (χ2n) is 3.78. The second-order valence-corrected chi connectivity index (χ2v) is 7.13. The van der Waals surface area contributed by atoms with Crippen molar-refractivity contribution in [2.24, 2.45) is 0 Å². The van der Waals surface area contributed by atoms with Crippen LogP contribution in [0.15, 0.2) is 44.7 Å². The lowest BCUT2D eigenvalue weighted by atomic mass is 10.3. The van der Waals surface area contributed by atoms with Gasteiger partial charge in [0.05, 0.1) is 11.9 Å². The fourth-order valence-electron chi connectivity index (χ4n) is 1.37. The molecule has 0 aliphatic heterocycles. The molecule has 100 valence electrons. The van der Waals surface area contributed by atoms with Crippen molar-refractivity contribution in [3.05, 3.63) is 45.4 Å². The average Bonchev–Trinajstić information content (AvgIpc) is 2.33. The van der Waals surface area contributed by atoms with Gasteiger partial charge >= 0.3 is 0 Å². The molecule has 0 spiro atoms. The number of nitrogens with one attached hydrogen (secondary N) is 1. The average molecular weight is 407 g/mol. The molecule has 0 amide bonds. The van der Waals surface area contributed by atoms with Gasteiger partial charge in [-0.15, -0.1) is 0 Å². The van der Waals surface area contributed by atoms with Crippen LogP contribution in [0.5, 0.6) is 0 Å². The van der Waals surface area contributed by atoms with Crippen molar-refractivity contribution in [2.45, 2.75) is 11.8 Å². The topological polar surface area (TPSA) is 72.0 Å². The van der Waals surface area contributed by atoms with E-state index in [0.29, 0.717) is 14.8 Å². The lowest BCUT2D eigenvalue weighted by Crippen LogP contribution is -2.13. The summed E-state index contributed by atoms with van der Waals surface area (Å²) in [5, 5.41) is 0. The summed E-state index contributed by atoms with van der Waals surface area (Å²) in [7, 11) is -3.66. The van der Waals surface area contributed by atoms with Crippen LogP contribution in [-0.4, -0.2) is 18.4 Å². The van der Waals surface area contributed by atoms with Crippen molar-refractivity contribution in [2.75, 3.05) is 4.72 Å². The second kappa shape index (κ2) is 5.56. The van der Waals surface area contributed by atoms with Gasteiger partial charge in [-0.3, -0.25) is 9.71 Å². The van der Waals surface area contributed by atoms with E-state index in [0.717, 1.165) is 5.56 Å². The summed E-state index contributed by atoms with van der Waals surface area (Å²) in [6, 6.07) is 3.18.